The summed E-state index contributed by atoms with van der Waals surface area (Å²) in [5.74, 6) is 1.29. The van der Waals surface area contributed by atoms with Crippen LogP contribution < -0.4 is 10.6 Å². The zero-order valence-electron chi connectivity index (χ0n) is 15.3. The molecule has 0 saturated carbocycles. The Labute approximate surface area is 157 Å². The fraction of sp³-hybridized carbons (Fsp3) is 0.368. The highest BCUT2D eigenvalue weighted by Gasteiger charge is 2.17. The molecule has 0 bridgehead atoms. The summed E-state index contributed by atoms with van der Waals surface area (Å²) < 4.78 is 1.83. The first kappa shape index (κ1) is 18.6. The van der Waals surface area contributed by atoms with Gasteiger partial charge in [-0.2, -0.15) is 15.2 Å². The van der Waals surface area contributed by atoms with Gasteiger partial charge in [-0.1, -0.05) is 43.7 Å². The molecule has 8 nitrogen and oxygen atoms in total. The van der Waals surface area contributed by atoms with Crippen molar-refractivity contribution in [3.05, 3.63) is 41.7 Å². The molecule has 0 unspecified atom stereocenters. The molecule has 2 aromatic heterocycles. The number of benzene rings is 1. The molecule has 0 saturated heterocycles. The van der Waals surface area contributed by atoms with E-state index >= 15 is 0 Å². The van der Waals surface area contributed by atoms with Crippen LogP contribution in [-0.4, -0.2) is 37.8 Å². The summed E-state index contributed by atoms with van der Waals surface area (Å²) in [6, 6.07) is 12.1. The first-order valence-electron chi connectivity index (χ1n) is 9.07. The van der Waals surface area contributed by atoms with Gasteiger partial charge in [-0.05, 0) is 12.0 Å². The van der Waals surface area contributed by atoms with Crippen LogP contribution in [0.15, 0.2) is 30.3 Å². The number of fused-ring (bicyclic) bond motifs is 1. The summed E-state index contributed by atoms with van der Waals surface area (Å²) in [7, 11) is 0. The SMILES string of the molecule is CCCCn1c(C#N)nc2c(NCc3ccccc3)nc(NCCO)nc21. The summed E-state index contributed by atoms with van der Waals surface area (Å²) in [6.45, 7) is 3.67. The third-order valence-electron chi connectivity index (χ3n) is 4.13. The van der Waals surface area contributed by atoms with Gasteiger partial charge < -0.3 is 15.7 Å². The van der Waals surface area contributed by atoms with Crippen LogP contribution in [0.2, 0.25) is 0 Å². The van der Waals surface area contributed by atoms with Gasteiger partial charge in [0.25, 0.3) is 0 Å². The molecule has 2 heterocycles. The van der Waals surface area contributed by atoms with E-state index in [1.807, 2.05) is 34.9 Å². The number of hydrogen-bond donors (Lipinski definition) is 3. The third kappa shape index (κ3) is 4.33. The monoisotopic (exact) mass is 365 g/mol. The summed E-state index contributed by atoms with van der Waals surface area (Å²) >= 11 is 0. The molecular formula is C19H23N7O. The summed E-state index contributed by atoms with van der Waals surface area (Å²) in [6.07, 6.45) is 1.93. The number of nitrogens with zero attached hydrogens (tertiary/aromatic N) is 5. The predicted molar refractivity (Wildman–Crippen MR) is 104 cm³/mol. The van der Waals surface area contributed by atoms with Crippen molar-refractivity contribution in [1.29, 1.82) is 5.26 Å². The van der Waals surface area contributed by atoms with E-state index in [9.17, 15) is 5.26 Å². The van der Waals surface area contributed by atoms with E-state index in [1.54, 1.807) is 0 Å². The molecule has 0 atom stereocenters. The smallest absolute Gasteiger partial charge is 0.226 e. The molecule has 3 rings (SSSR count). The minimum absolute atomic E-state index is 0.0211. The number of rotatable bonds is 9. The Kier molecular flexibility index (Phi) is 6.18. The molecular weight excluding hydrogens is 342 g/mol. The second-order valence-corrected chi connectivity index (χ2v) is 6.11. The highest BCUT2D eigenvalue weighted by molar-refractivity contribution is 5.85. The zero-order chi connectivity index (χ0) is 19.1. The third-order valence-corrected chi connectivity index (χ3v) is 4.13. The molecule has 0 spiro atoms. The van der Waals surface area contributed by atoms with Gasteiger partial charge in [0, 0.05) is 19.6 Å². The van der Waals surface area contributed by atoms with Crippen molar-refractivity contribution in [3.8, 4) is 6.07 Å². The quantitative estimate of drug-likeness (QED) is 0.534. The number of imidazole rings is 1. The van der Waals surface area contributed by atoms with Gasteiger partial charge in [-0.15, -0.1) is 0 Å². The fourth-order valence-electron chi connectivity index (χ4n) is 2.77. The average Bonchev–Trinajstić information content (AvgIpc) is 3.07. The Morgan fingerprint density at radius 3 is 2.67 bits per heavy atom. The maximum atomic E-state index is 9.48. The largest absolute Gasteiger partial charge is 0.395 e. The van der Waals surface area contributed by atoms with Gasteiger partial charge in [0.2, 0.25) is 11.8 Å². The normalized spacial score (nSPS) is 10.7. The van der Waals surface area contributed by atoms with Crippen molar-refractivity contribution in [2.75, 3.05) is 23.8 Å². The highest BCUT2D eigenvalue weighted by atomic mass is 16.3. The van der Waals surface area contributed by atoms with Crippen LogP contribution in [0.25, 0.3) is 11.2 Å². The molecule has 0 radical (unpaired) electrons. The van der Waals surface area contributed by atoms with E-state index in [1.165, 1.54) is 0 Å². The molecule has 0 aliphatic heterocycles. The Hall–Kier alpha value is -3.18. The van der Waals surface area contributed by atoms with E-state index in [-0.39, 0.29) is 6.61 Å². The number of nitriles is 1. The van der Waals surface area contributed by atoms with Crippen LogP contribution in [0, 0.1) is 11.3 Å². The highest BCUT2D eigenvalue weighted by Crippen LogP contribution is 2.24. The number of aliphatic hydroxyl groups excluding tert-OH is 1. The Balaban J connectivity index is 2.01. The lowest BCUT2D eigenvalue weighted by Crippen LogP contribution is -2.12. The van der Waals surface area contributed by atoms with E-state index in [0.29, 0.717) is 48.4 Å². The van der Waals surface area contributed by atoms with Crippen molar-refractivity contribution in [2.24, 2.45) is 0 Å². The van der Waals surface area contributed by atoms with Gasteiger partial charge in [-0.25, -0.2) is 4.98 Å². The van der Waals surface area contributed by atoms with E-state index in [4.69, 9.17) is 5.11 Å². The topological polar surface area (TPSA) is 112 Å². The molecule has 1 aromatic carbocycles. The lowest BCUT2D eigenvalue weighted by molar-refractivity contribution is 0.311. The number of nitrogens with one attached hydrogen (secondary N) is 2. The van der Waals surface area contributed by atoms with Gasteiger partial charge >= 0.3 is 0 Å². The van der Waals surface area contributed by atoms with E-state index in [0.717, 1.165) is 18.4 Å². The van der Waals surface area contributed by atoms with E-state index < -0.39 is 0 Å². The Morgan fingerprint density at radius 1 is 1.15 bits per heavy atom. The second kappa shape index (κ2) is 8.96. The van der Waals surface area contributed by atoms with Crippen LogP contribution in [0.5, 0.6) is 0 Å². The maximum absolute atomic E-state index is 9.48. The maximum Gasteiger partial charge on any atom is 0.226 e. The standard InChI is InChI=1S/C19H23N7O/c1-2-3-10-26-15(12-20)23-16-17(22-13-14-7-5-4-6-8-14)24-19(21-9-11-27)25-18(16)26/h4-8,27H,2-3,9-11,13H2,1H3,(H2,21,22,24,25). The molecule has 3 aromatic rings. The number of unbranched alkanes of at least 4 members (excludes halogenated alkanes) is 1. The van der Waals surface area contributed by atoms with Crippen LogP contribution in [0.4, 0.5) is 11.8 Å². The lowest BCUT2D eigenvalue weighted by Gasteiger charge is -2.10. The minimum Gasteiger partial charge on any atom is -0.395 e. The number of aliphatic hydroxyl groups is 1. The number of aromatic nitrogens is 4. The van der Waals surface area contributed by atoms with Crippen molar-refractivity contribution < 1.29 is 5.11 Å². The minimum atomic E-state index is -0.0211. The summed E-state index contributed by atoms with van der Waals surface area (Å²) in [4.78, 5) is 13.5. The molecule has 0 aliphatic rings. The number of aryl methyl sites for hydroxylation is 1. The predicted octanol–water partition coefficient (Wildman–Crippen LogP) is 2.51. The lowest BCUT2D eigenvalue weighted by atomic mass is 10.2. The van der Waals surface area contributed by atoms with Crippen LogP contribution in [-0.2, 0) is 13.1 Å². The Bertz CT molecular complexity index is 931. The van der Waals surface area contributed by atoms with Crippen molar-refractivity contribution in [3.63, 3.8) is 0 Å². The first-order valence-corrected chi connectivity index (χ1v) is 9.07. The Morgan fingerprint density at radius 2 is 1.96 bits per heavy atom. The van der Waals surface area contributed by atoms with Gasteiger partial charge in [0.1, 0.15) is 6.07 Å². The summed E-state index contributed by atoms with van der Waals surface area (Å²) in [5.41, 5.74) is 2.30. The number of hydrogen-bond acceptors (Lipinski definition) is 7. The second-order valence-electron chi connectivity index (χ2n) is 6.11. The van der Waals surface area contributed by atoms with Gasteiger partial charge in [-0.3, -0.25) is 4.57 Å². The number of anilines is 2. The van der Waals surface area contributed by atoms with Crippen molar-refractivity contribution in [1.82, 2.24) is 19.5 Å². The van der Waals surface area contributed by atoms with Crippen LogP contribution in [0.3, 0.4) is 0 Å². The molecule has 3 N–H and O–H groups in total. The molecule has 0 amide bonds. The van der Waals surface area contributed by atoms with E-state index in [2.05, 4.69) is 38.6 Å². The molecule has 0 aliphatic carbocycles. The van der Waals surface area contributed by atoms with Crippen molar-refractivity contribution >= 4 is 22.9 Å². The van der Waals surface area contributed by atoms with Crippen LogP contribution >= 0.6 is 0 Å². The van der Waals surface area contributed by atoms with Crippen molar-refractivity contribution in [2.45, 2.75) is 32.9 Å². The molecule has 0 fully saturated rings. The zero-order valence-corrected chi connectivity index (χ0v) is 15.3. The molecule has 8 heteroatoms. The average molecular weight is 365 g/mol. The van der Waals surface area contributed by atoms with Gasteiger partial charge in [0.15, 0.2) is 17.0 Å². The first-order chi connectivity index (χ1) is 13.3. The fourth-order valence-corrected chi connectivity index (χ4v) is 2.77. The summed E-state index contributed by atoms with van der Waals surface area (Å²) in [5, 5.41) is 24.9. The molecule has 27 heavy (non-hydrogen) atoms. The van der Waals surface area contributed by atoms with Gasteiger partial charge in [0.05, 0.1) is 6.61 Å². The van der Waals surface area contributed by atoms with Crippen LogP contribution in [0.1, 0.15) is 31.2 Å². The molecule has 140 valence electrons.